The van der Waals surface area contributed by atoms with Gasteiger partial charge in [0.05, 0.1) is 78.8 Å². The fourth-order valence-corrected chi connectivity index (χ4v) is 15.3. The first-order valence-corrected chi connectivity index (χ1v) is 36.9. The summed E-state index contributed by atoms with van der Waals surface area (Å²) in [5.41, 5.74) is 7.45. The van der Waals surface area contributed by atoms with Crippen LogP contribution < -0.4 is 51.2 Å². The molecule has 4 saturated heterocycles. The number of H-pyrrole nitrogens is 1. The summed E-state index contributed by atoms with van der Waals surface area (Å²) < 4.78 is 45.9. The monoisotopic (exact) mass is 1530 g/mol. The number of rotatable bonds is 24. The van der Waals surface area contributed by atoms with E-state index in [9.17, 15) is 47.9 Å². The summed E-state index contributed by atoms with van der Waals surface area (Å²) in [5.74, 6) is -6.04. The van der Waals surface area contributed by atoms with E-state index in [-0.39, 0.29) is 126 Å². The van der Waals surface area contributed by atoms with Gasteiger partial charge in [0.25, 0.3) is 23.6 Å². The molecule has 0 bridgehead atoms. The lowest BCUT2D eigenvalue weighted by Crippen LogP contribution is -2.54. The molecule has 2 atom stereocenters. The Labute approximate surface area is 642 Å². The number of carbonyl (C=O) groups is 10. The quantitative estimate of drug-likeness (QED) is 0.0296. The molecule has 4 aromatic heterocycles. The SMILES string of the molecule is COc1cc(-n2nc(-c3ccc(N4CCN(CC(=O)NCCNc5cccc6c5C(=O)N(C5CCC(=O)NC5=O)C6=O)CC4)cc3)c3nc(-c4c(F)cccc4OC)ncc32)cc(F)c1-c1ncc2[nH]nc(-c3ccc(N4CCN(CC(=O)NCCCNc5cccc6c5C(=O)N(C5CCC(=O)NC5=O)C6=O)CC4)cc3)c2n1. The van der Waals surface area contributed by atoms with Crippen LogP contribution in [-0.2, 0) is 28.8 Å². The number of piperazine rings is 2. The highest BCUT2D eigenvalue weighted by molar-refractivity contribution is 6.26. The summed E-state index contributed by atoms with van der Waals surface area (Å²) in [6, 6.07) is 30.4. The van der Waals surface area contributed by atoms with E-state index in [2.05, 4.69) is 66.8 Å². The van der Waals surface area contributed by atoms with Gasteiger partial charge in [0.15, 0.2) is 11.6 Å². The molecule has 6 aliphatic heterocycles. The lowest BCUT2D eigenvalue weighted by molar-refractivity contribution is -0.137. The molecule has 0 spiro atoms. The van der Waals surface area contributed by atoms with Crippen molar-refractivity contribution >= 4 is 104 Å². The molecule has 0 saturated carbocycles. The minimum atomic E-state index is -1.09. The van der Waals surface area contributed by atoms with Crippen molar-refractivity contribution < 1.29 is 66.2 Å². The summed E-state index contributed by atoms with van der Waals surface area (Å²) in [7, 11) is 2.83. The van der Waals surface area contributed by atoms with E-state index >= 15 is 8.78 Å². The Kier molecular flexibility index (Phi) is 20.3. The molecule has 2 unspecified atom stereocenters. The molecule has 0 aliphatic carbocycles. The molecule has 16 rings (SSSR count). The average molecular weight is 1530 g/mol. The van der Waals surface area contributed by atoms with Gasteiger partial charge in [-0.05, 0) is 79.9 Å². The number of benzene rings is 6. The first kappa shape index (κ1) is 73.6. The number of nitrogens with zero attached hydrogens (tertiary/aromatic N) is 13. The Hall–Kier alpha value is -13.5. The fourth-order valence-electron chi connectivity index (χ4n) is 15.3. The maximum atomic E-state index is 17.2. The topological polar surface area (TPSA) is 379 Å². The number of anilines is 4. The van der Waals surface area contributed by atoms with Crippen LogP contribution in [0.25, 0.3) is 73.0 Å². The second kappa shape index (κ2) is 31.1. The third kappa shape index (κ3) is 14.4. The van der Waals surface area contributed by atoms with E-state index in [0.717, 1.165) is 26.7 Å². The van der Waals surface area contributed by atoms with E-state index in [1.165, 1.54) is 61.6 Å². The van der Waals surface area contributed by atoms with E-state index in [4.69, 9.17) is 24.5 Å². The molecule has 10 heterocycles. The van der Waals surface area contributed by atoms with Crippen molar-refractivity contribution in [1.82, 2.24) is 80.8 Å². The fraction of sp³-hybridized carbons (Fsp3) is 0.291. The van der Waals surface area contributed by atoms with Crippen LogP contribution in [0.15, 0.2) is 128 Å². The van der Waals surface area contributed by atoms with Gasteiger partial charge < -0.3 is 40.5 Å². The number of amides is 10. The van der Waals surface area contributed by atoms with Crippen molar-refractivity contribution in [2.24, 2.45) is 0 Å². The third-order valence-electron chi connectivity index (χ3n) is 21.0. The first-order chi connectivity index (χ1) is 54.9. The van der Waals surface area contributed by atoms with Crippen molar-refractivity contribution in [2.75, 3.05) is 126 Å². The van der Waals surface area contributed by atoms with Crippen molar-refractivity contribution in [2.45, 2.75) is 44.2 Å². The molecule has 6 aliphatic rings. The zero-order chi connectivity index (χ0) is 78.3. The minimum Gasteiger partial charge on any atom is -0.496 e. The molecule has 32 nitrogen and oxygen atoms in total. The van der Waals surface area contributed by atoms with Crippen LogP contribution in [0.3, 0.4) is 0 Å². The van der Waals surface area contributed by atoms with Gasteiger partial charge in [-0.2, -0.15) is 10.2 Å². The summed E-state index contributed by atoms with van der Waals surface area (Å²) >= 11 is 0. The average Bonchev–Trinajstić information content (AvgIpc) is 1.62. The van der Waals surface area contributed by atoms with E-state index in [0.29, 0.717) is 122 Å². The highest BCUT2D eigenvalue weighted by Crippen LogP contribution is 2.41. The Morgan fingerprint density at radius 3 is 1.58 bits per heavy atom. The summed E-state index contributed by atoms with van der Waals surface area (Å²) in [5, 5.41) is 29.3. The molecular formula is C79H74F2N20O12. The third-order valence-corrected chi connectivity index (χ3v) is 21.0. The van der Waals surface area contributed by atoms with Crippen molar-refractivity contribution in [3.05, 3.63) is 162 Å². The highest BCUT2D eigenvalue weighted by Gasteiger charge is 2.47. The summed E-state index contributed by atoms with van der Waals surface area (Å²) in [4.78, 5) is 158. The molecular weight excluding hydrogens is 1460 g/mol. The van der Waals surface area contributed by atoms with Crippen LogP contribution in [-0.4, -0.2) is 237 Å². The number of imide groups is 4. The van der Waals surface area contributed by atoms with Crippen LogP contribution >= 0.6 is 0 Å². The number of carbonyl (C=O) groups excluding carboxylic acids is 10. The first-order valence-electron chi connectivity index (χ1n) is 36.9. The van der Waals surface area contributed by atoms with Crippen molar-refractivity contribution in [3.8, 4) is 62.5 Å². The Bertz CT molecular complexity index is 5550. The van der Waals surface area contributed by atoms with Crippen molar-refractivity contribution in [1.29, 1.82) is 0 Å². The lowest BCUT2D eigenvalue weighted by Gasteiger charge is -2.35. The largest absolute Gasteiger partial charge is 0.496 e. The van der Waals surface area contributed by atoms with Crippen LogP contribution in [0.2, 0.25) is 0 Å². The van der Waals surface area contributed by atoms with Gasteiger partial charge >= 0.3 is 0 Å². The molecule has 4 fully saturated rings. The predicted octanol–water partition coefficient (Wildman–Crippen LogP) is 5.34. The number of halogens is 2. The van der Waals surface area contributed by atoms with Crippen LogP contribution in [0.5, 0.6) is 11.5 Å². The number of hydrogen-bond donors (Lipinski definition) is 7. The van der Waals surface area contributed by atoms with Gasteiger partial charge in [0.2, 0.25) is 35.4 Å². The molecule has 34 heteroatoms. The number of methoxy groups -OCH3 is 2. The number of ether oxygens (including phenoxy) is 2. The molecule has 6 aromatic carbocycles. The number of aromatic nitrogens is 8. The van der Waals surface area contributed by atoms with Gasteiger partial charge in [0, 0.05) is 137 Å². The summed E-state index contributed by atoms with van der Waals surface area (Å²) in [6.45, 7) is 6.53. The number of aromatic amines is 1. The molecule has 113 heavy (non-hydrogen) atoms. The molecule has 10 aromatic rings. The van der Waals surface area contributed by atoms with Crippen LogP contribution in [0.4, 0.5) is 31.5 Å². The van der Waals surface area contributed by atoms with Crippen LogP contribution in [0.1, 0.15) is 73.5 Å². The second-order valence-corrected chi connectivity index (χ2v) is 27.9. The molecule has 0 radical (unpaired) electrons. The predicted molar refractivity (Wildman–Crippen MR) is 408 cm³/mol. The molecule has 7 N–H and O–H groups in total. The zero-order valence-electron chi connectivity index (χ0n) is 61.2. The van der Waals surface area contributed by atoms with E-state index < -0.39 is 71.0 Å². The normalized spacial score (nSPS) is 17.4. The van der Waals surface area contributed by atoms with Crippen molar-refractivity contribution in [3.63, 3.8) is 0 Å². The molecule has 10 amide bonds. The lowest BCUT2D eigenvalue weighted by atomic mass is 10.0. The van der Waals surface area contributed by atoms with Gasteiger partial charge in [-0.25, -0.2) is 33.4 Å². The highest BCUT2D eigenvalue weighted by atomic mass is 19.1. The number of nitrogens with one attached hydrogen (secondary N) is 7. The van der Waals surface area contributed by atoms with Gasteiger partial charge in [0.1, 0.15) is 68.7 Å². The zero-order valence-corrected chi connectivity index (χ0v) is 61.2. The number of fused-ring (bicyclic) bond motifs is 4. The maximum Gasteiger partial charge on any atom is 0.264 e. The minimum absolute atomic E-state index is 0.00628. The number of hydrogen-bond acceptors (Lipinski definition) is 24. The molecule has 576 valence electrons. The van der Waals surface area contributed by atoms with Gasteiger partial charge in [-0.1, -0.05) is 42.5 Å². The summed E-state index contributed by atoms with van der Waals surface area (Å²) in [6.07, 6.45) is 3.67. The Morgan fingerprint density at radius 1 is 0.513 bits per heavy atom. The van der Waals surface area contributed by atoms with E-state index in [1.54, 1.807) is 36.4 Å². The number of piperidine rings is 2. The van der Waals surface area contributed by atoms with Gasteiger partial charge in [-0.3, -0.25) is 83.3 Å². The standard InChI is InChI=1S/C79H74F2N20O12/c1-112-58-12-5-9-50(80)66(58)72-87-40-57-71(91-72)69(44-15-19-46(20-16-44)98-35-31-96(32-36-98)42-63(105)85-28-27-83-53-11-4-8-49-65(53)79(111)100(77(49)109)56-22-24-61(103)89-75(56)107)94-101(57)47-37-51(81)67(59(38-47)113-2)73-86-39-54-70(90-73)68(93-92-54)43-13-17-45(18-14-43)97-33-29-95(30-34-97)41-62(104)84-26-6-25-82-52-10-3-7-48-64(52)78(110)99(76(48)108)55-21-23-60(102)88-74(55)106/h3-5,7-20,37-40,55-56,82-83H,6,21-36,41-42H2,1-2H3,(H,84,104)(H,85,105)(H,92,93)(H,88,102,106)(H,89,103,107). The van der Waals surface area contributed by atoms with Gasteiger partial charge in [-0.15, -0.1) is 0 Å². The van der Waals surface area contributed by atoms with E-state index in [1.807, 2.05) is 53.4 Å². The smallest absolute Gasteiger partial charge is 0.264 e. The Balaban J connectivity index is 0.542. The maximum absolute atomic E-state index is 17.2. The Morgan fingerprint density at radius 2 is 1.03 bits per heavy atom. The van der Waals surface area contributed by atoms with Crippen LogP contribution in [0, 0.1) is 11.6 Å². The second-order valence-electron chi connectivity index (χ2n) is 27.9.